The molecule has 0 aliphatic carbocycles. The summed E-state index contributed by atoms with van der Waals surface area (Å²) < 4.78 is 5.20. The summed E-state index contributed by atoms with van der Waals surface area (Å²) in [6.07, 6.45) is 0. The topological polar surface area (TPSA) is 9.23 Å². The fraction of sp³-hybridized carbons (Fsp3) is 1.00. The molecule has 0 N–H and O–H groups in total. The van der Waals surface area contributed by atoms with Crippen molar-refractivity contribution in [2.45, 2.75) is 5.67 Å². The van der Waals surface area contributed by atoms with E-state index in [1.807, 2.05) is 0 Å². The lowest BCUT2D eigenvalue weighted by molar-refractivity contribution is 0.604. The SMILES string of the molecule is I[SiH]1C[SiH2]O1. The molecule has 1 heterocycles. The van der Waals surface area contributed by atoms with Crippen LogP contribution in [0.2, 0.25) is 5.67 Å². The standard InChI is InChI=1S/CH5IOSi2/c2-5-1-4-3-5/h5H,1,4H2. The third-order valence-electron chi connectivity index (χ3n) is 0.644. The highest BCUT2D eigenvalue weighted by atomic mass is 127. The molecule has 1 atom stereocenters. The van der Waals surface area contributed by atoms with Gasteiger partial charge in [0.05, 0.1) is 0 Å². The van der Waals surface area contributed by atoms with Crippen LogP contribution in [0.4, 0.5) is 0 Å². The lowest BCUT2D eigenvalue weighted by atomic mass is 11.9. The predicted molar refractivity (Wildman–Crippen MR) is 35.6 cm³/mol. The van der Waals surface area contributed by atoms with Gasteiger partial charge >= 0.3 is 0 Å². The molecule has 30 valence electrons. The Morgan fingerprint density at radius 2 is 2.40 bits per heavy atom. The van der Waals surface area contributed by atoms with E-state index in [1.165, 1.54) is 5.67 Å². The van der Waals surface area contributed by atoms with Crippen LogP contribution < -0.4 is 0 Å². The van der Waals surface area contributed by atoms with E-state index < -0.39 is 6.54 Å². The molecule has 1 nitrogen and oxygen atoms in total. The number of rotatable bonds is 0. The second-order valence-corrected chi connectivity index (χ2v) is 10.1. The van der Waals surface area contributed by atoms with Gasteiger partial charge in [-0.2, -0.15) is 0 Å². The molecule has 1 fully saturated rings. The molecule has 1 aliphatic rings. The van der Waals surface area contributed by atoms with Crippen LogP contribution in [0.1, 0.15) is 0 Å². The Bertz CT molecular complexity index is 36.6. The van der Waals surface area contributed by atoms with E-state index in [4.69, 9.17) is 4.12 Å². The molecular weight excluding hydrogens is 211 g/mol. The number of hydrogen-bond donors (Lipinski definition) is 0. The minimum atomic E-state index is -0.437. The van der Waals surface area contributed by atoms with Crippen LogP contribution >= 0.6 is 21.8 Å². The van der Waals surface area contributed by atoms with Crippen LogP contribution in [0.3, 0.4) is 0 Å². The van der Waals surface area contributed by atoms with Crippen molar-refractivity contribution in [3.05, 3.63) is 0 Å². The quantitative estimate of drug-likeness (QED) is 0.307. The Morgan fingerprint density at radius 3 is 2.40 bits per heavy atom. The third kappa shape index (κ3) is 0.985. The zero-order valence-electron chi connectivity index (χ0n) is 2.78. The van der Waals surface area contributed by atoms with E-state index in [0.717, 1.165) is 0 Å². The van der Waals surface area contributed by atoms with E-state index in [2.05, 4.69) is 21.8 Å². The Hall–Kier alpha value is 1.12. The summed E-state index contributed by atoms with van der Waals surface area (Å²) in [7, 11) is 0.112. The van der Waals surface area contributed by atoms with E-state index in [-0.39, 0.29) is 9.76 Å². The van der Waals surface area contributed by atoms with Crippen molar-refractivity contribution < 1.29 is 4.12 Å². The Labute approximate surface area is 48.0 Å². The maximum atomic E-state index is 5.20. The zero-order valence-corrected chi connectivity index (χ0v) is 7.50. The lowest BCUT2D eigenvalue weighted by Gasteiger charge is -2.17. The minimum absolute atomic E-state index is 0.112. The summed E-state index contributed by atoms with van der Waals surface area (Å²) in [6, 6.07) is 0. The predicted octanol–water partition coefficient (Wildman–Crippen LogP) is -0.287. The molecule has 0 saturated carbocycles. The maximum Gasteiger partial charge on any atom is 0.230 e. The van der Waals surface area contributed by atoms with E-state index >= 15 is 0 Å². The second kappa shape index (κ2) is 1.72. The van der Waals surface area contributed by atoms with E-state index in [1.54, 1.807) is 0 Å². The zero-order chi connectivity index (χ0) is 3.70. The van der Waals surface area contributed by atoms with Crippen molar-refractivity contribution >= 4 is 38.1 Å². The van der Waals surface area contributed by atoms with Gasteiger partial charge in [-0.15, -0.1) is 0 Å². The van der Waals surface area contributed by atoms with Crippen LogP contribution in [0.5, 0.6) is 0 Å². The van der Waals surface area contributed by atoms with Gasteiger partial charge in [0.1, 0.15) is 9.76 Å². The van der Waals surface area contributed by atoms with Crippen molar-refractivity contribution in [2.75, 3.05) is 0 Å². The molecule has 0 amide bonds. The molecule has 0 aromatic carbocycles. The molecule has 0 aromatic rings. The van der Waals surface area contributed by atoms with Crippen molar-refractivity contribution in [3.8, 4) is 0 Å². The highest BCUT2D eigenvalue weighted by molar-refractivity contribution is 14.1. The van der Waals surface area contributed by atoms with Crippen molar-refractivity contribution in [1.82, 2.24) is 0 Å². The summed E-state index contributed by atoms with van der Waals surface area (Å²) in [5, 5.41) is 0. The molecule has 0 spiro atoms. The Balaban J connectivity index is 2.08. The van der Waals surface area contributed by atoms with Gasteiger partial charge in [0.15, 0.2) is 0 Å². The van der Waals surface area contributed by atoms with Crippen LogP contribution in [0.15, 0.2) is 0 Å². The summed E-state index contributed by atoms with van der Waals surface area (Å²) in [6.45, 7) is -0.437. The van der Waals surface area contributed by atoms with E-state index in [9.17, 15) is 0 Å². The van der Waals surface area contributed by atoms with Crippen molar-refractivity contribution in [2.24, 2.45) is 0 Å². The molecule has 5 heavy (non-hydrogen) atoms. The molecule has 1 saturated heterocycles. The maximum absolute atomic E-state index is 5.20. The van der Waals surface area contributed by atoms with Gasteiger partial charge in [-0.1, -0.05) is 21.8 Å². The summed E-state index contributed by atoms with van der Waals surface area (Å²) >= 11 is 2.44. The van der Waals surface area contributed by atoms with E-state index in [0.29, 0.717) is 0 Å². The van der Waals surface area contributed by atoms with Crippen molar-refractivity contribution in [1.29, 1.82) is 0 Å². The number of hydrogen-bond acceptors (Lipinski definition) is 1. The van der Waals surface area contributed by atoms with Gasteiger partial charge in [-0.05, 0) is 5.67 Å². The normalized spacial score (nSPS) is 41.4. The third-order valence-corrected chi connectivity index (χ3v) is 14.6. The molecule has 1 unspecified atom stereocenters. The lowest BCUT2D eigenvalue weighted by Crippen LogP contribution is -2.27. The fourth-order valence-electron chi connectivity index (χ4n) is 0.207. The first kappa shape index (κ1) is 4.29. The van der Waals surface area contributed by atoms with Gasteiger partial charge in [0.2, 0.25) is 6.54 Å². The first-order chi connectivity index (χ1) is 2.39. The summed E-state index contributed by atoms with van der Waals surface area (Å²) in [5.74, 6) is 0. The summed E-state index contributed by atoms with van der Waals surface area (Å²) in [5.41, 5.74) is 1.53. The molecular formula is CH5IOSi2. The van der Waals surface area contributed by atoms with Gasteiger partial charge < -0.3 is 4.12 Å². The van der Waals surface area contributed by atoms with Crippen LogP contribution in [0.25, 0.3) is 0 Å². The fourth-order valence-corrected chi connectivity index (χ4v) is 6.44. The van der Waals surface area contributed by atoms with Gasteiger partial charge in [0.25, 0.3) is 0 Å². The molecule has 0 radical (unpaired) electrons. The minimum Gasteiger partial charge on any atom is -0.456 e. The van der Waals surface area contributed by atoms with Gasteiger partial charge in [-0.3, -0.25) is 0 Å². The highest BCUT2D eigenvalue weighted by Crippen LogP contribution is 2.10. The second-order valence-electron chi connectivity index (χ2n) is 1.07. The molecule has 0 aromatic heterocycles. The monoisotopic (exact) mass is 216 g/mol. The van der Waals surface area contributed by atoms with Gasteiger partial charge in [0, 0.05) is 0 Å². The van der Waals surface area contributed by atoms with Gasteiger partial charge in [-0.25, -0.2) is 0 Å². The Morgan fingerprint density at radius 1 is 2.00 bits per heavy atom. The highest BCUT2D eigenvalue weighted by Gasteiger charge is 2.15. The molecule has 0 bridgehead atoms. The smallest absolute Gasteiger partial charge is 0.230 e. The van der Waals surface area contributed by atoms with Crippen LogP contribution in [0, 0.1) is 0 Å². The first-order valence-corrected chi connectivity index (χ1v) is 8.69. The Kier molecular flexibility index (Phi) is 1.47. The average molecular weight is 216 g/mol. The number of halogens is 1. The molecule has 1 aliphatic heterocycles. The van der Waals surface area contributed by atoms with Crippen LogP contribution in [-0.4, -0.2) is 16.3 Å². The van der Waals surface area contributed by atoms with Crippen LogP contribution in [-0.2, 0) is 4.12 Å². The van der Waals surface area contributed by atoms with Crippen molar-refractivity contribution in [3.63, 3.8) is 0 Å². The largest absolute Gasteiger partial charge is 0.456 e. The first-order valence-electron chi connectivity index (χ1n) is 1.65. The molecule has 4 heteroatoms. The average Bonchev–Trinajstić information content (AvgIpc) is 1.30. The summed E-state index contributed by atoms with van der Waals surface area (Å²) in [4.78, 5) is 0. The molecule has 1 rings (SSSR count).